The van der Waals surface area contributed by atoms with Crippen LogP contribution in [0.15, 0.2) is 12.1 Å². The molecule has 1 saturated carbocycles. The standard InChI is InChI=1S/C16H20FN3O2/c17-13-6-11(15(21)19-22)5-10-2-4-20(7-12(10)13)14-1-3-16(14)8-18-9-16/h5-6,14,18,22H,1-4,7-9H2,(H,19,21). The van der Waals surface area contributed by atoms with E-state index in [1.165, 1.54) is 18.9 Å². The van der Waals surface area contributed by atoms with E-state index in [-0.39, 0.29) is 11.4 Å². The van der Waals surface area contributed by atoms with E-state index in [4.69, 9.17) is 5.21 Å². The predicted molar refractivity (Wildman–Crippen MR) is 78.1 cm³/mol. The van der Waals surface area contributed by atoms with Gasteiger partial charge in [0.05, 0.1) is 0 Å². The van der Waals surface area contributed by atoms with Crippen LogP contribution in [0, 0.1) is 11.2 Å². The molecule has 1 spiro atoms. The van der Waals surface area contributed by atoms with Crippen molar-refractivity contribution in [3.63, 3.8) is 0 Å². The number of carbonyl (C=O) groups is 1. The lowest BCUT2D eigenvalue weighted by Crippen LogP contribution is -2.69. The monoisotopic (exact) mass is 305 g/mol. The summed E-state index contributed by atoms with van der Waals surface area (Å²) in [5.74, 6) is -1.01. The van der Waals surface area contributed by atoms with Gasteiger partial charge >= 0.3 is 0 Å². The zero-order valence-electron chi connectivity index (χ0n) is 12.4. The van der Waals surface area contributed by atoms with E-state index >= 15 is 0 Å². The Morgan fingerprint density at radius 3 is 2.86 bits per heavy atom. The van der Waals surface area contributed by atoms with Gasteiger partial charge in [0, 0.05) is 48.8 Å². The summed E-state index contributed by atoms with van der Waals surface area (Å²) in [7, 11) is 0. The maximum absolute atomic E-state index is 14.4. The molecule has 3 N–H and O–H groups in total. The van der Waals surface area contributed by atoms with Crippen LogP contribution in [-0.2, 0) is 13.0 Å². The van der Waals surface area contributed by atoms with Crippen LogP contribution in [0.3, 0.4) is 0 Å². The number of rotatable bonds is 2. The highest BCUT2D eigenvalue weighted by Crippen LogP contribution is 2.48. The van der Waals surface area contributed by atoms with E-state index in [0.29, 0.717) is 23.6 Å². The van der Waals surface area contributed by atoms with E-state index in [9.17, 15) is 9.18 Å². The number of carbonyl (C=O) groups excluding carboxylic acids is 1. The van der Waals surface area contributed by atoms with Gasteiger partial charge in [0.1, 0.15) is 5.82 Å². The Bertz CT molecular complexity index is 625. The van der Waals surface area contributed by atoms with Crippen molar-refractivity contribution in [1.29, 1.82) is 0 Å². The summed E-state index contributed by atoms with van der Waals surface area (Å²) in [6.45, 7) is 3.69. The Balaban J connectivity index is 1.57. The number of fused-ring (bicyclic) bond motifs is 1. The molecule has 2 aliphatic heterocycles. The molecule has 2 heterocycles. The van der Waals surface area contributed by atoms with Crippen LogP contribution in [-0.4, -0.2) is 41.7 Å². The van der Waals surface area contributed by atoms with E-state index in [1.807, 2.05) is 0 Å². The third kappa shape index (κ3) is 1.98. The number of nitrogens with one attached hydrogen (secondary N) is 2. The molecule has 22 heavy (non-hydrogen) atoms. The number of hydrogen-bond acceptors (Lipinski definition) is 4. The minimum atomic E-state index is -0.664. The van der Waals surface area contributed by atoms with Crippen LogP contribution in [0.2, 0.25) is 0 Å². The predicted octanol–water partition coefficient (Wildman–Crippen LogP) is 1.05. The molecule has 1 aromatic carbocycles. The Morgan fingerprint density at radius 1 is 1.45 bits per heavy atom. The Hall–Kier alpha value is -1.50. The van der Waals surface area contributed by atoms with Gasteiger partial charge in [0.2, 0.25) is 0 Å². The van der Waals surface area contributed by atoms with Crippen molar-refractivity contribution < 1.29 is 14.4 Å². The average molecular weight is 305 g/mol. The largest absolute Gasteiger partial charge is 0.315 e. The lowest BCUT2D eigenvalue weighted by Gasteiger charge is -2.60. The molecule has 4 rings (SSSR count). The molecule has 3 aliphatic rings. The summed E-state index contributed by atoms with van der Waals surface area (Å²) in [5.41, 5.74) is 3.75. The highest BCUT2D eigenvalue weighted by atomic mass is 19.1. The molecule has 1 saturated heterocycles. The number of hydrogen-bond donors (Lipinski definition) is 3. The second-order valence-corrected chi connectivity index (χ2v) is 6.78. The minimum absolute atomic E-state index is 0.176. The van der Waals surface area contributed by atoms with Crippen molar-refractivity contribution in [3.05, 3.63) is 34.6 Å². The van der Waals surface area contributed by atoms with Gasteiger partial charge < -0.3 is 5.32 Å². The quantitative estimate of drug-likeness (QED) is 0.565. The fraction of sp³-hybridized carbons (Fsp3) is 0.562. The van der Waals surface area contributed by atoms with E-state index in [0.717, 1.165) is 31.6 Å². The van der Waals surface area contributed by atoms with Crippen LogP contribution < -0.4 is 10.8 Å². The third-order valence-electron chi connectivity index (χ3n) is 5.70. The number of nitrogens with zero attached hydrogens (tertiary/aromatic N) is 1. The fourth-order valence-electron chi connectivity index (χ4n) is 4.21. The highest BCUT2D eigenvalue weighted by molar-refractivity contribution is 5.93. The van der Waals surface area contributed by atoms with Crippen LogP contribution in [0.4, 0.5) is 4.39 Å². The van der Waals surface area contributed by atoms with Gasteiger partial charge in [0.15, 0.2) is 0 Å². The Morgan fingerprint density at radius 2 is 2.27 bits per heavy atom. The molecule has 1 aromatic rings. The zero-order chi connectivity index (χ0) is 15.3. The molecule has 0 bridgehead atoms. The number of benzene rings is 1. The van der Waals surface area contributed by atoms with Crippen molar-refractivity contribution in [2.45, 2.75) is 31.8 Å². The summed E-state index contributed by atoms with van der Waals surface area (Å²) in [5, 5.41) is 12.1. The molecule has 1 atom stereocenters. The van der Waals surface area contributed by atoms with Crippen LogP contribution in [0.25, 0.3) is 0 Å². The smallest absolute Gasteiger partial charge is 0.274 e. The van der Waals surface area contributed by atoms with E-state index < -0.39 is 5.91 Å². The van der Waals surface area contributed by atoms with Crippen molar-refractivity contribution in [1.82, 2.24) is 15.7 Å². The fourth-order valence-corrected chi connectivity index (χ4v) is 4.21. The summed E-state index contributed by atoms with van der Waals surface area (Å²) >= 11 is 0. The van der Waals surface area contributed by atoms with Gasteiger partial charge in [-0.25, -0.2) is 9.87 Å². The molecule has 5 nitrogen and oxygen atoms in total. The Kier molecular flexibility index (Phi) is 3.21. The molecule has 6 heteroatoms. The van der Waals surface area contributed by atoms with Crippen LogP contribution in [0.5, 0.6) is 0 Å². The van der Waals surface area contributed by atoms with Gasteiger partial charge in [-0.05, 0) is 37.0 Å². The maximum atomic E-state index is 14.4. The topological polar surface area (TPSA) is 64.6 Å². The molecule has 0 aromatic heterocycles. The molecule has 1 amide bonds. The summed E-state index contributed by atoms with van der Waals surface area (Å²) in [6.07, 6.45) is 3.22. The first-order chi connectivity index (χ1) is 10.6. The number of halogens is 1. The molecule has 1 aliphatic carbocycles. The van der Waals surface area contributed by atoms with Crippen molar-refractivity contribution in [2.75, 3.05) is 19.6 Å². The van der Waals surface area contributed by atoms with Crippen molar-refractivity contribution in [2.24, 2.45) is 5.41 Å². The van der Waals surface area contributed by atoms with Gasteiger partial charge in [-0.2, -0.15) is 0 Å². The maximum Gasteiger partial charge on any atom is 0.274 e. The van der Waals surface area contributed by atoms with Gasteiger partial charge in [-0.3, -0.25) is 14.9 Å². The molecular weight excluding hydrogens is 285 g/mol. The first kappa shape index (κ1) is 14.1. The van der Waals surface area contributed by atoms with Gasteiger partial charge in [-0.15, -0.1) is 0 Å². The molecular formula is C16H20FN3O2. The minimum Gasteiger partial charge on any atom is -0.315 e. The molecule has 0 radical (unpaired) electrons. The first-order valence-corrected chi connectivity index (χ1v) is 7.83. The number of amides is 1. The van der Waals surface area contributed by atoms with Crippen molar-refractivity contribution in [3.8, 4) is 0 Å². The molecule has 1 unspecified atom stereocenters. The summed E-state index contributed by atoms with van der Waals surface area (Å²) in [4.78, 5) is 13.9. The lowest BCUT2D eigenvalue weighted by atomic mass is 9.59. The Labute approximate surface area is 128 Å². The second-order valence-electron chi connectivity index (χ2n) is 6.78. The van der Waals surface area contributed by atoms with E-state index in [1.54, 1.807) is 11.5 Å². The summed E-state index contributed by atoms with van der Waals surface area (Å²) in [6, 6.07) is 3.47. The zero-order valence-corrected chi connectivity index (χ0v) is 12.4. The molecule has 2 fully saturated rings. The van der Waals surface area contributed by atoms with Gasteiger partial charge in [0.25, 0.3) is 5.91 Å². The normalized spacial score (nSPS) is 26.0. The highest BCUT2D eigenvalue weighted by Gasteiger charge is 2.53. The van der Waals surface area contributed by atoms with Crippen LogP contribution >= 0.6 is 0 Å². The second kappa shape index (κ2) is 5.01. The number of hydroxylamine groups is 1. The van der Waals surface area contributed by atoms with Crippen LogP contribution in [0.1, 0.15) is 34.3 Å². The SMILES string of the molecule is O=C(NO)c1cc(F)c2c(c1)CCN(C1CCC13CNC3)C2. The van der Waals surface area contributed by atoms with E-state index in [2.05, 4.69) is 10.2 Å². The first-order valence-electron chi connectivity index (χ1n) is 7.83. The third-order valence-corrected chi connectivity index (χ3v) is 5.70. The van der Waals surface area contributed by atoms with Gasteiger partial charge in [-0.1, -0.05) is 0 Å². The lowest BCUT2D eigenvalue weighted by molar-refractivity contribution is -0.0694. The summed E-state index contributed by atoms with van der Waals surface area (Å²) < 4.78 is 14.4. The van der Waals surface area contributed by atoms with Crippen molar-refractivity contribution >= 4 is 5.91 Å². The molecule has 118 valence electrons. The average Bonchev–Trinajstić information content (AvgIpc) is 2.44.